The highest BCUT2D eigenvalue weighted by Crippen LogP contribution is 2.40. The van der Waals surface area contributed by atoms with Crippen LogP contribution in [0.15, 0.2) is 24.3 Å². The lowest BCUT2D eigenvalue weighted by Gasteiger charge is -2.05. The molecule has 1 aromatic heterocycles. The van der Waals surface area contributed by atoms with Crippen molar-refractivity contribution in [2.75, 3.05) is 14.2 Å². The highest BCUT2D eigenvalue weighted by molar-refractivity contribution is 7.15. The molecule has 0 unspecified atom stereocenters. The number of nitrogens with one attached hydrogen (secondary N) is 1. The van der Waals surface area contributed by atoms with Crippen LogP contribution >= 0.6 is 11.3 Å². The Hall–Kier alpha value is -1.60. The number of alkyl halides is 3. The Morgan fingerprint density at radius 3 is 2.60 bits per heavy atom. The zero-order valence-corrected chi connectivity index (χ0v) is 11.7. The Morgan fingerprint density at radius 2 is 2.00 bits per heavy atom. The van der Waals surface area contributed by atoms with Crippen LogP contribution in [0, 0.1) is 0 Å². The van der Waals surface area contributed by atoms with Gasteiger partial charge in [-0.15, -0.1) is 11.3 Å². The summed E-state index contributed by atoms with van der Waals surface area (Å²) in [5.74, 6) is 0.506. The molecule has 0 saturated carbocycles. The maximum absolute atomic E-state index is 13.0. The minimum Gasteiger partial charge on any atom is -0.496 e. The first-order valence-electron chi connectivity index (χ1n) is 5.82. The number of aromatic nitrogens is 1. The number of rotatable bonds is 4. The summed E-state index contributed by atoms with van der Waals surface area (Å²) < 4.78 is 44.1. The van der Waals surface area contributed by atoms with E-state index in [2.05, 4.69) is 10.3 Å². The Balaban J connectivity index is 2.53. The lowest BCUT2D eigenvalue weighted by Crippen LogP contribution is -2.12. The van der Waals surface area contributed by atoms with E-state index in [4.69, 9.17) is 4.74 Å². The second kappa shape index (κ2) is 5.80. The Morgan fingerprint density at radius 1 is 1.30 bits per heavy atom. The minimum atomic E-state index is -4.46. The molecule has 0 aliphatic rings. The summed E-state index contributed by atoms with van der Waals surface area (Å²) in [7, 11) is 3.08. The number of halogens is 3. The first kappa shape index (κ1) is 14.8. The molecule has 0 amide bonds. The molecule has 1 N–H and O–H groups in total. The fourth-order valence-corrected chi connectivity index (χ4v) is 2.91. The molecule has 0 atom stereocenters. The van der Waals surface area contributed by atoms with Crippen LogP contribution in [0.5, 0.6) is 5.75 Å². The van der Waals surface area contributed by atoms with E-state index in [9.17, 15) is 13.2 Å². The van der Waals surface area contributed by atoms with Crippen LogP contribution in [0.3, 0.4) is 0 Å². The van der Waals surface area contributed by atoms with E-state index in [0.29, 0.717) is 16.3 Å². The van der Waals surface area contributed by atoms with Crippen LogP contribution in [0.2, 0.25) is 0 Å². The van der Waals surface area contributed by atoms with Gasteiger partial charge in [-0.1, -0.05) is 12.1 Å². The molecule has 0 aliphatic heterocycles. The molecule has 0 radical (unpaired) electrons. The summed E-state index contributed by atoms with van der Waals surface area (Å²) in [6.07, 6.45) is -4.46. The first-order valence-corrected chi connectivity index (χ1v) is 6.64. The highest BCUT2D eigenvalue weighted by Gasteiger charge is 2.37. The van der Waals surface area contributed by atoms with Crippen LogP contribution in [0.4, 0.5) is 13.2 Å². The van der Waals surface area contributed by atoms with Gasteiger partial charge in [-0.2, -0.15) is 13.2 Å². The molecule has 0 spiro atoms. The fraction of sp³-hybridized carbons (Fsp3) is 0.308. The molecule has 2 rings (SSSR count). The zero-order valence-electron chi connectivity index (χ0n) is 10.9. The minimum absolute atomic E-state index is 0.127. The van der Waals surface area contributed by atoms with Gasteiger partial charge in [0.25, 0.3) is 0 Å². The molecule has 2 aromatic rings. The smallest absolute Gasteiger partial charge is 0.434 e. The number of ether oxygens (including phenoxy) is 1. The fourth-order valence-electron chi connectivity index (χ4n) is 1.79. The van der Waals surface area contributed by atoms with Crippen molar-refractivity contribution in [3.63, 3.8) is 0 Å². The molecule has 0 saturated heterocycles. The topological polar surface area (TPSA) is 34.1 Å². The molecule has 1 heterocycles. The Bertz CT molecular complexity index is 596. The van der Waals surface area contributed by atoms with Crippen molar-refractivity contribution in [1.82, 2.24) is 10.3 Å². The third-order valence-electron chi connectivity index (χ3n) is 2.64. The number of para-hydroxylation sites is 1. The van der Waals surface area contributed by atoms with Crippen molar-refractivity contribution in [3.05, 3.63) is 34.8 Å². The van der Waals surface area contributed by atoms with Crippen LogP contribution < -0.4 is 10.1 Å². The van der Waals surface area contributed by atoms with Crippen molar-refractivity contribution < 1.29 is 17.9 Å². The number of thiazole rings is 1. The van der Waals surface area contributed by atoms with E-state index in [1.807, 2.05) is 0 Å². The summed E-state index contributed by atoms with van der Waals surface area (Å²) >= 11 is 1.02. The van der Waals surface area contributed by atoms with Crippen molar-refractivity contribution in [2.24, 2.45) is 0 Å². The zero-order chi connectivity index (χ0) is 14.8. The van der Waals surface area contributed by atoms with Crippen molar-refractivity contribution in [2.45, 2.75) is 12.7 Å². The van der Waals surface area contributed by atoms with Crippen molar-refractivity contribution >= 4 is 11.3 Å². The maximum Gasteiger partial charge on any atom is 0.434 e. The third-order valence-corrected chi connectivity index (χ3v) is 3.73. The molecule has 7 heteroatoms. The van der Waals surface area contributed by atoms with E-state index in [1.54, 1.807) is 31.3 Å². The van der Waals surface area contributed by atoms with Gasteiger partial charge < -0.3 is 10.1 Å². The normalized spacial score (nSPS) is 11.7. The molecule has 0 fully saturated rings. The average Bonchev–Trinajstić information content (AvgIpc) is 2.83. The second-order valence-corrected chi connectivity index (χ2v) is 5.10. The van der Waals surface area contributed by atoms with Gasteiger partial charge in [0.05, 0.1) is 17.6 Å². The Kier molecular flexibility index (Phi) is 4.29. The maximum atomic E-state index is 13.0. The SMILES string of the molecule is CNCc1sc(-c2ccccc2OC)nc1C(F)(F)F. The quantitative estimate of drug-likeness (QED) is 0.937. The van der Waals surface area contributed by atoms with E-state index in [-0.39, 0.29) is 11.4 Å². The van der Waals surface area contributed by atoms with Crippen molar-refractivity contribution in [1.29, 1.82) is 0 Å². The van der Waals surface area contributed by atoms with Crippen LogP contribution in [-0.4, -0.2) is 19.1 Å². The van der Waals surface area contributed by atoms with E-state index in [0.717, 1.165) is 11.3 Å². The Labute approximate surface area is 118 Å². The van der Waals surface area contributed by atoms with E-state index < -0.39 is 11.9 Å². The van der Waals surface area contributed by atoms with Gasteiger partial charge in [0.15, 0.2) is 5.69 Å². The van der Waals surface area contributed by atoms with Gasteiger partial charge in [0.2, 0.25) is 0 Å². The molecule has 3 nitrogen and oxygen atoms in total. The predicted octanol–water partition coefficient (Wildman–Crippen LogP) is 3.56. The standard InChI is InChI=1S/C13H13F3N2OS/c1-17-7-10-11(13(14,15)16)18-12(20-10)8-5-3-4-6-9(8)19-2/h3-6,17H,7H2,1-2H3. The molecule has 1 aromatic carbocycles. The van der Waals surface area contributed by atoms with Crippen LogP contribution in [0.25, 0.3) is 10.6 Å². The van der Waals surface area contributed by atoms with E-state index in [1.165, 1.54) is 7.11 Å². The van der Waals surface area contributed by atoms with Gasteiger partial charge >= 0.3 is 6.18 Å². The predicted molar refractivity (Wildman–Crippen MR) is 71.9 cm³/mol. The number of nitrogens with zero attached hydrogens (tertiary/aromatic N) is 1. The second-order valence-electron chi connectivity index (χ2n) is 4.02. The summed E-state index contributed by atoms with van der Waals surface area (Å²) in [5.41, 5.74) is -0.273. The molecular formula is C13H13F3N2OS. The molecule has 20 heavy (non-hydrogen) atoms. The van der Waals surface area contributed by atoms with Gasteiger partial charge in [-0.05, 0) is 19.2 Å². The number of methoxy groups -OCH3 is 1. The average molecular weight is 302 g/mol. The van der Waals surface area contributed by atoms with Gasteiger partial charge in [-0.25, -0.2) is 4.98 Å². The summed E-state index contributed by atoms with van der Waals surface area (Å²) in [4.78, 5) is 3.92. The van der Waals surface area contributed by atoms with Crippen LogP contribution in [0.1, 0.15) is 10.6 Å². The number of hydrogen-bond acceptors (Lipinski definition) is 4. The summed E-state index contributed by atoms with van der Waals surface area (Å²) in [5, 5.41) is 3.03. The monoisotopic (exact) mass is 302 g/mol. The molecular weight excluding hydrogens is 289 g/mol. The van der Waals surface area contributed by atoms with Crippen LogP contribution in [-0.2, 0) is 12.7 Å². The molecule has 0 bridgehead atoms. The largest absolute Gasteiger partial charge is 0.496 e. The highest BCUT2D eigenvalue weighted by atomic mass is 32.1. The van der Waals surface area contributed by atoms with Gasteiger partial charge in [0, 0.05) is 6.54 Å². The lowest BCUT2D eigenvalue weighted by atomic mass is 10.2. The lowest BCUT2D eigenvalue weighted by molar-refractivity contribution is -0.141. The number of benzene rings is 1. The molecule has 0 aliphatic carbocycles. The van der Waals surface area contributed by atoms with E-state index >= 15 is 0 Å². The third kappa shape index (κ3) is 2.94. The van der Waals surface area contributed by atoms with Crippen molar-refractivity contribution in [3.8, 4) is 16.3 Å². The van der Waals surface area contributed by atoms with Gasteiger partial charge in [-0.3, -0.25) is 0 Å². The number of hydrogen-bond donors (Lipinski definition) is 1. The molecule has 108 valence electrons. The summed E-state index contributed by atoms with van der Waals surface area (Å²) in [6, 6.07) is 6.89. The summed E-state index contributed by atoms with van der Waals surface area (Å²) in [6.45, 7) is 0.127. The van der Waals surface area contributed by atoms with Gasteiger partial charge in [0.1, 0.15) is 10.8 Å². The first-order chi connectivity index (χ1) is 9.47.